The molecule has 72 valence electrons. The van der Waals surface area contributed by atoms with Crippen LogP contribution in [0.4, 0.5) is 0 Å². The van der Waals surface area contributed by atoms with Gasteiger partial charge in [-0.3, -0.25) is 4.79 Å². The van der Waals surface area contributed by atoms with Crippen LogP contribution >= 0.6 is 22.6 Å². The SMILES string of the molecule is N#CCC(=O)N/N=C\c1ccc(I)o1. The minimum atomic E-state index is -0.440. The molecule has 0 saturated heterocycles. The summed E-state index contributed by atoms with van der Waals surface area (Å²) >= 11 is 2.02. The molecule has 0 radical (unpaired) electrons. The Balaban J connectivity index is 2.42. The molecule has 0 unspecified atom stereocenters. The Kier molecular flexibility index (Phi) is 4.12. The number of hydrogen-bond acceptors (Lipinski definition) is 4. The summed E-state index contributed by atoms with van der Waals surface area (Å²) in [6, 6.07) is 5.21. The van der Waals surface area contributed by atoms with Crippen molar-refractivity contribution in [1.82, 2.24) is 5.43 Å². The first-order valence-electron chi connectivity index (χ1n) is 3.66. The van der Waals surface area contributed by atoms with Gasteiger partial charge in [0.1, 0.15) is 12.2 Å². The summed E-state index contributed by atoms with van der Waals surface area (Å²) in [5.74, 6) is 0.108. The van der Waals surface area contributed by atoms with E-state index in [1.54, 1.807) is 18.2 Å². The molecule has 6 heteroatoms. The normalized spacial score (nSPS) is 10.0. The Hall–Kier alpha value is -1.36. The summed E-state index contributed by atoms with van der Waals surface area (Å²) < 4.78 is 5.89. The third-order valence-corrected chi connectivity index (χ3v) is 1.79. The van der Waals surface area contributed by atoms with Gasteiger partial charge in [-0.25, -0.2) is 5.43 Å². The average molecular weight is 303 g/mol. The number of carbonyl (C=O) groups excluding carboxylic acids is 1. The van der Waals surface area contributed by atoms with Crippen LogP contribution in [0.3, 0.4) is 0 Å². The zero-order chi connectivity index (χ0) is 10.4. The summed E-state index contributed by atoms with van der Waals surface area (Å²) in [5, 5.41) is 11.8. The van der Waals surface area contributed by atoms with Crippen LogP contribution in [-0.4, -0.2) is 12.1 Å². The number of hydrazone groups is 1. The second kappa shape index (κ2) is 5.39. The topological polar surface area (TPSA) is 78.4 Å². The quantitative estimate of drug-likeness (QED) is 0.518. The van der Waals surface area contributed by atoms with Gasteiger partial charge < -0.3 is 4.42 Å². The van der Waals surface area contributed by atoms with Gasteiger partial charge in [0.15, 0.2) is 3.77 Å². The van der Waals surface area contributed by atoms with Crippen LogP contribution in [-0.2, 0) is 4.79 Å². The van der Waals surface area contributed by atoms with Crippen LogP contribution in [0.5, 0.6) is 0 Å². The van der Waals surface area contributed by atoms with Gasteiger partial charge in [-0.2, -0.15) is 10.4 Å². The molecule has 1 rings (SSSR count). The lowest BCUT2D eigenvalue weighted by atomic mass is 10.5. The number of hydrogen-bond donors (Lipinski definition) is 1. The number of nitriles is 1. The highest BCUT2D eigenvalue weighted by molar-refractivity contribution is 14.1. The lowest BCUT2D eigenvalue weighted by Gasteiger charge is -1.90. The molecule has 0 aliphatic carbocycles. The van der Waals surface area contributed by atoms with E-state index in [4.69, 9.17) is 9.68 Å². The predicted octanol–water partition coefficient (Wildman–Crippen LogP) is 1.25. The number of halogens is 1. The van der Waals surface area contributed by atoms with Crippen molar-refractivity contribution in [2.75, 3.05) is 0 Å². The molecule has 0 fully saturated rings. The first-order valence-corrected chi connectivity index (χ1v) is 4.74. The van der Waals surface area contributed by atoms with Crippen LogP contribution in [0.2, 0.25) is 0 Å². The number of furan rings is 1. The van der Waals surface area contributed by atoms with Gasteiger partial charge in [-0.15, -0.1) is 0 Å². The molecule has 0 spiro atoms. The molecule has 0 aliphatic rings. The van der Waals surface area contributed by atoms with Crippen molar-refractivity contribution in [3.8, 4) is 6.07 Å². The summed E-state index contributed by atoms with van der Waals surface area (Å²) in [7, 11) is 0. The van der Waals surface area contributed by atoms with E-state index in [2.05, 4.69) is 10.5 Å². The molecule has 1 N–H and O–H groups in total. The maximum absolute atomic E-state index is 10.8. The van der Waals surface area contributed by atoms with Gasteiger partial charge in [-0.1, -0.05) is 0 Å². The van der Waals surface area contributed by atoms with Crippen molar-refractivity contribution >= 4 is 34.7 Å². The summed E-state index contributed by atoms with van der Waals surface area (Å²) in [5.41, 5.74) is 2.19. The molecule has 0 atom stereocenters. The van der Waals surface area contributed by atoms with E-state index in [1.165, 1.54) is 6.21 Å². The van der Waals surface area contributed by atoms with E-state index < -0.39 is 5.91 Å². The molecule has 14 heavy (non-hydrogen) atoms. The highest BCUT2D eigenvalue weighted by Crippen LogP contribution is 2.07. The zero-order valence-corrected chi connectivity index (χ0v) is 9.19. The standard InChI is InChI=1S/C8H6IN3O2/c9-7-2-1-6(14-7)5-11-12-8(13)3-4-10/h1-2,5H,3H2,(H,12,13)/b11-5-. The van der Waals surface area contributed by atoms with Crippen LogP contribution in [0.15, 0.2) is 21.7 Å². The third kappa shape index (κ3) is 3.57. The highest BCUT2D eigenvalue weighted by atomic mass is 127. The minimum Gasteiger partial charge on any atom is -0.449 e. The van der Waals surface area contributed by atoms with Crippen LogP contribution in [0, 0.1) is 15.1 Å². The second-order valence-corrected chi connectivity index (χ2v) is 3.33. The van der Waals surface area contributed by atoms with E-state index in [9.17, 15) is 4.79 Å². The lowest BCUT2D eigenvalue weighted by Crippen LogP contribution is -2.15. The number of rotatable bonds is 3. The summed E-state index contributed by atoms with van der Waals surface area (Å²) in [6.07, 6.45) is 1.17. The van der Waals surface area contributed by atoms with Crippen LogP contribution < -0.4 is 5.43 Å². The number of carbonyl (C=O) groups is 1. The monoisotopic (exact) mass is 303 g/mol. The molecule has 1 aromatic rings. The van der Waals surface area contributed by atoms with Gasteiger partial charge in [-0.05, 0) is 34.7 Å². The van der Waals surface area contributed by atoms with E-state index >= 15 is 0 Å². The molecule has 0 aliphatic heterocycles. The molecule has 1 amide bonds. The van der Waals surface area contributed by atoms with E-state index in [-0.39, 0.29) is 6.42 Å². The van der Waals surface area contributed by atoms with E-state index in [0.717, 1.165) is 3.77 Å². The second-order valence-electron chi connectivity index (χ2n) is 2.27. The average Bonchev–Trinajstić information content (AvgIpc) is 2.52. The first kappa shape index (κ1) is 10.7. The largest absolute Gasteiger partial charge is 0.449 e. The summed E-state index contributed by atoms with van der Waals surface area (Å²) in [6.45, 7) is 0. The number of nitrogens with one attached hydrogen (secondary N) is 1. The smallest absolute Gasteiger partial charge is 0.254 e. The van der Waals surface area contributed by atoms with Gasteiger partial charge in [0, 0.05) is 0 Å². The fraction of sp³-hybridized carbons (Fsp3) is 0.125. The molecule has 5 nitrogen and oxygen atoms in total. The Morgan fingerprint density at radius 2 is 2.57 bits per heavy atom. The van der Waals surface area contributed by atoms with E-state index in [1.807, 2.05) is 22.6 Å². The molecular weight excluding hydrogens is 297 g/mol. The van der Waals surface area contributed by atoms with Gasteiger partial charge in [0.2, 0.25) is 0 Å². The van der Waals surface area contributed by atoms with Crippen molar-refractivity contribution in [2.45, 2.75) is 6.42 Å². The minimum absolute atomic E-state index is 0.201. The lowest BCUT2D eigenvalue weighted by molar-refractivity contribution is -0.120. The molecule has 1 aromatic heterocycles. The Labute approximate surface area is 93.9 Å². The van der Waals surface area contributed by atoms with Crippen molar-refractivity contribution in [1.29, 1.82) is 5.26 Å². The Morgan fingerprint density at radius 1 is 1.79 bits per heavy atom. The molecule has 0 aromatic carbocycles. The molecule has 0 bridgehead atoms. The van der Waals surface area contributed by atoms with Gasteiger partial charge in [0.05, 0.1) is 12.3 Å². The van der Waals surface area contributed by atoms with Crippen molar-refractivity contribution in [3.63, 3.8) is 0 Å². The van der Waals surface area contributed by atoms with Crippen LogP contribution in [0.1, 0.15) is 12.2 Å². The van der Waals surface area contributed by atoms with Crippen molar-refractivity contribution in [2.24, 2.45) is 5.10 Å². The maximum atomic E-state index is 10.8. The van der Waals surface area contributed by atoms with Gasteiger partial charge >= 0.3 is 0 Å². The fourth-order valence-corrected chi connectivity index (χ4v) is 1.11. The Bertz CT molecular complexity index is 392. The number of amides is 1. The highest BCUT2D eigenvalue weighted by Gasteiger charge is 1.97. The van der Waals surface area contributed by atoms with Gasteiger partial charge in [0.25, 0.3) is 5.91 Å². The molecular formula is C8H6IN3O2. The predicted molar refractivity (Wildman–Crippen MR) is 57.4 cm³/mol. The first-order chi connectivity index (χ1) is 6.72. The summed E-state index contributed by atoms with van der Waals surface area (Å²) in [4.78, 5) is 10.8. The zero-order valence-electron chi connectivity index (χ0n) is 7.03. The fourth-order valence-electron chi connectivity index (χ4n) is 0.677. The maximum Gasteiger partial charge on any atom is 0.254 e. The van der Waals surface area contributed by atoms with Crippen molar-refractivity contribution in [3.05, 3.63) is 21.7 Å². The van der Waals surface area contributed by atoms with Crippen LogP contribution in [0.25, 0.3) is 0 Å². The van der Waals surface area contributed by atoms with Crippen molar-refractivity contribution < 1.29 is 9.21 Å². The Morgan fingerprint density at radius 3 is 3.14 bits per heavy atom. The van der Waals surface area contributed by atoms with E-state index in [0.29, 0.717) is 5.76 Å². The molecule has 1 heterocycles. The molecule has 0 saturated carbocycles. The number of nitrogens with zero attached hydrogens (tertiary/aromatic N) is 2. The third-order valence-electron chi connectivity index (χ3n) is 1.21.